The quantitative estimate of drug-likeness (QED) is 0.787. The Morgan fingerprint density at radius 3 is 2.95 bits per heavy atom. The van der Waals surface area contributed by atoms with Gasteiger partial charge in [-0.1, -0.05) is 18.2 Å². The molecule has 114 valence electrons. The summed E-state index contributed by atoms with van der Waals surface area (Å²) in [6, 6.07) is 6.30. The van der Waals surface area contributed by atoms with Crippen LogP contribution in [0.5, 0.6) is 0 Å². The Hall–Kier alpha value is -1.26. The standard InChI is InChI=1S/C18H21BO3/c1-11-4-3-5-15-13(10-20-17(11)15)9-19-21-16-8-12-6-14(7-12)18(16,2)22-19/h3-5,10,12,14,16H,6-9H2,1-2H3/t12?,14?,16-,18+/m1/s1. The molecule has 2 heterocycles. The molecule has 0 radical (unpaired) electrons. The lowest BCUT2D eigenvalue weighted by molar-refractivity contribution is -0.114. The van der Waals surface area contributed by atoms with Crippen LogP contribution in [-0.4, -0.2) is 18.8 Å². The van der Waals surface area contributed by atoms with Crippen LogP contribution < -0.4 is 0 Å². The largest absolute Gasteiger partial charge is 0.464 e. The lowest BCUT2D eigenvalue weighted by Crippen LogP contribution is -2.56. The van der Waals surface area contributed by atoms with E-state index in [9.17, 15) is 0 Å². The zero-order valence-electron chi connectivity index (χ0n) is 13.2. The van der Waals surface area contributed by atoms with E-state index in [4.69, 9.17) is 13.7 Å². The van der Waals surface area contributed by atoms with Gasteiger partial charge in [-0.05, 0) is 56.1 Å². The van der Waals surface area contributed by atoms with Crippen molar-refractivity contribution in [3.05, 3.63) is 35.6 Å². The number of fused-ring (bicyclic) bond motifs is 1. The summed E-state index contributed by atoms with van der Waals surface area (Å²) in [6.45, 7) is 4.34. The number of para-hydroxylation sites is 1. The molecule has 3 aliphatic carbocycles. The minimum Gasteiger partial charge on any atom is -0.464 e. The normalized spacial score (nSPS) is 36.5. The average Bonchev–Trinajstić information content (AvgIpc) is 2.99. The smallest absolute Gasteiger partial charge is 0.462 e. The summed E-state index contributed by atoms with van der Waals surface area (Å²) in [5.74, 6) is 1.58. The van der Waals surface area contributed by atoms with Crippen molar-refractivity contribution in [2.24, 2.45) is 11.8 Å². The minimum absolute atomic E-state index is 0.0606. The molecule has 1 saturated heterocycles. The first-order chi connectivity index (χ1) is 10.6. The average molecular weight is 296 g/mol. The van der Waals surface area contributed by atoms with Crippen LogP contribution in [0.1, 0.15) is 37.3 Å². The Morgan fingerprint density at radius 1 is 1.27 bits per heavy atom. The van der Waals surface area contributed by atoms with Crippen molar-refractivity contribution in [1.82, 2.24) is 0 Å². The number of benzene rings is 1. The fraction of sp³-hybridized carbons (Fsp3) is 0.556. The molecule has 4 heteroatoms. The lowest BCUT2D eigenvalue weighted by atomic mass is 9.57. The fourth-order valence-corrected chi connectivity index (χ4v) is 4.74. The predicted octanol–water partition coefficient (Wildman–Crippen LogP) is 3.92. The molecule has 2 atom stereocenters. The molecular weight excluding hydrogens is 275 g/mol. The summed E-state index contributed by atoms with van der Waals surface area (Å²) < 4.78 is 18.4. The summed E-state index contributed by atoms with van der Waals surface area (Å²) >= 11 is 0. The van der Waals surface area contributed by atoms with E-state index in [-0.39, 0.29) is 18.8 Å². The maximum Gasteiger partial charge on any atom is 0.462 e. The van der Waals surface area contributed by atoms with Crippen molar-refractivity contribution < 1.29 is 13.7 Å². The van der Waals surface area contributed by atoms with Crippen LogP contribution in [0.3, 0.4) is 0 Å². The van der Waals surface area contributed by atoms with Gasteiger partial charge in [0.2, 0.25) is 0 Å². The van der Waals surface area contributed by atoms with E-state index < -0.39 is 0 Å². The highest BCUT2D eigenvalue weighted by molar-refractivity contribution is 6.45. The summed E-state index contributed by atoms with van der Waals surface area (Å²) in [4.78, 5) is 0. The number of hydrogen-bond donors (Lipinski definition) is 0. The van der Waals surface area contributed by atoms with Gasteiger partial charge < -0.3 is 13.7 Å². The predicted molar refractivity (Wildman–Crippen MR) is 85.6 cm³/mol. The highest BCUT2D eigenvalue weighted by Crippen LogP contribution is 2.56. The number of furan rings is 1. The van der Waals surface area contributed by atoms with Gasteiger partial charge in [-0.3, -0.25) is 0 Å². The summed E-state index contributed by atoms with van der Waals surface area (Å²) in [7, 11) is -0.129. The van der Waals surface area contributed by atoms with Gasteiger partial charge in [-0.25, -0.2) is 0 Å². The zero-order chi connectivity index (χ0) is 14.9. The van der Waals surface area contributed by atoms with Crippen LogP contribution in [0.25, 0.3) is 11.0 Å². The molecule has 6 rings (SSSR count). The van der Waals surface area contributed by atoms with E-state index in [1.807, 2.05) is 6.26 Å². The molecule has 1 aromatic heterocycles. The van der Waals surface area contributed by atoms with Gasteiger partial charge in [0.25, 0.3) is 0 Å². The van der Waals surface area contributed by atoms with E-state index in [1.165, 1.54) is 35.8 Å². The second kappa shape index (κ2) is 4.39. The second-order valence-corrected chi connectivity index (χ2v) is 7.54. The first-order valence-electron chi connectivity index (χ1n) is 8.42. The van der Waals surface area contributed by atoms with Gasteiger partial charge in [0, 0.05) is 11.7 Å². The number of aryl methyl sites for hydroxylation is 1. The molecule has 2 bridgehead atoms. The van der Waals surface area contributed by atoms with Gasteiger partial charge in [-0.15, -0.1) is 0 Å². The number of hydrogen-bond acceptors (Lipinski definition) is 3. The van der Waals surface area contributed by atoms with Crippen LogP contribution in [0, 0.1) is 18.8 Å². The van der Waals surface area contributed by atoms with Crippen molar-refractivity contribution in [2.45, 2.75) is 51.1 Å². The lowest BCUT2D eigenvalue weighted by Gasteiger charge is -2.53. The molecule has 0 amide bonds. The molecule has 3 saturated carbocycles. The third-order valence-corrected chi connectivity index (χ3v) is 6.20. The summed E-state index contributed by atoms with van der Waals surface area (Å²) in [6.07, 6.45) is 6.77. The summed E-state index contributed by atoms with van der Waals surface area (Å²) in [5, 5.41) is 1.19. The molecule has 0 unspecified atom stereocenters. The molecule has 0 N–H and O–H groups in total. The molecular formula is C18H21BO3. The Bertz CT molecular complexity index is 733. The van der Waals surface area contributed by atoms with Crippen molar-refractivity contribution >= 4 is 18.1 Å². The topological polar surface area (TPSA) is 31.6 Å². The third-order valence-electron chi connectivity index (χ3n) is 6.20. The van der Waals surface area contributed by atoms with Crippen LogP contribution in [0.15, 0.2) is 28.9 Å². The van der Waals surface area contributed by atoms with E-state index in [0.29, 0.717) is 5.92 Å². The van der Waals surface area contributed by atoms with Gasteiger partial charge in [-0.2, -0.15) is 0 Å². The van der Waals surface area contributed by atoms with Crippen molar-refractivity contribution in [3.63, 3.8) is 0 Å². The van der Waals surface area contributed by atoms with Crippen molar-refractivity contribution in [3.8, 4) is 0 Å². The molecule has 3 nitrogen and oxygen atoms in total. The maximum absolute atomic E-state index is 6.39. The molecule has 1 aromatic carbocycles. The molecule has 4 aliphatic rings. The first kappa shape index (κ1) is 13.2. The minimum atomic E-state index is -0.129. The Morgan fingerprint density at radius 2 is 2.14 bits per heavy atom. The molecule has 1 aliphatic heterocycles. The van der Waals surface area contributed by atoms with Gasteiger partial charge >= 0.3 is 7.12 Å². The second-order valence-electron chi connectivity index (χ2n) is 7.54. The van der Waals surface area contributed by atoms with Crippen LogP contribution in [-0.2, 0) is 15.6 Å². The number of rotatable bonds is 2. The van der Waals surface area contributed by atoms with Crippen LogP contribution in [0.4, 0.5) is 0 Å². The van der Waals surface area contributed by atoms with E-state index in [1.54, 1.807) is 0 Å². The van der Waals surface area contributed by atoms with E-state index in [0.717, 1.165) is 17.8 Å². The molecule has 4 fully saturated rings. The molecule has 2 aromatic rings. The fourth-order valence-electron chi connectivity index (χ4n) is 4.74. The van der Waals surface area contributed by atoms with Gasteiger partial charge in [0.05, 0.1) is 18.0 Å². The van der Waals surface area contributed by atoms with Crippen molar-refractivity contribution in [1.29, 1.82) is 0 Å². The highest BCUT2D eigenvalue weighted by atomic mass is 16.7. The maximum atomic E-state index is 6.39. The first-order valence-corrected chi connectivity index (χ1v) is 8.42. The zero-order valence-corrected chi connectivity index (χ0v) is 13.2. The van der Waals surface area contributed by atoms with Crippen molar-refractivity contribution in [2.75, 3.05) is 0 Å². The van der Waals surface area contributed by atoms with Gasteiger partial charge in [0.15, 0.2) is 0 Å². The van der Waals surface area contributed by atoms with E-state index in [2.05, 4.69) is 32.0 Å². The molecule has 22 heavy (non-hydrogen) atoms. The Kier molecular flexibility index (Phi) is 2.64. The van der Waals surface area contributed by atoms with Crippen LogP contribution >= 0.6 is 0 Å². The Balaban J connectivity index is 1.41. The van der Waals surface area contributed by atoms with Gasteiger partial charge in [0.1, 0.15) is 5.58 Å². The summed E-state index contributed by atoms with van der Waals surface area (Å²) in [5.41, 5.74) is 3.30. The molecule has 0 spiro atoms. The SMILES string of the molecule is Cc1cccc2c(CB3O[C@@H]4CC5CC(C5)[C@]4(C)O3)coc12. The van der Waals surface area contributed by atoms with E-state index >= 15 is 0 Å². The third kappa shape index (κ3) is 1.71. The Labute approximate surface area is 131 Å². The monoisotopic (exact) mass is 296 g/mol. The van der Waals surface area contributed by atoms with Crippen LogP contribution in [0.2, 0.25) is 0 Å². The highest BCUT2D eigenvalue weighted by Gasteiger charge is 2.60.